The van der Waals surface area contributed by atoms with Gasteiger partial charge in [-0.25, -0.2) is 9.37 Å². The predicted molar refractivity (Wildman–Crippen MR) is 142 cm³/mol. The highest BCUT2D eigenvalue weighted by Gasteiger charge is 2.35. The van der Waals surface area contributed by atoms with Crippen LogP contribution in [0.25, 0.3) is 11.4 Å². The predicted octanol–water partition coefficient (Wildman–Crippen LogP) is 3.52. The number of hydrogen-bond donors (Lipinski definition) is 4. The molecule has 10 heteroatoms. The minimum absolute atomic E-state index is 0.0790. The van der Waals surface area contributed by atoms with E-state index in [1.54, 1.807) is 19.2 Å². The maximum Gasteiger partial charge on any atom is 0.305 e. The summed E-state index contributed by atoms with van der Waals surface area (Å²) in [4.78, 5) is 28.9. The van der Waals surface area contributed by atoms with Gasteiger partial charge in [-0.2, -0.15) is 0 Å². The molecular formula is C29H34FN3O6. The van der Waals surface area contributed by atoms with Crippen molar-refractivity contribution in [2.45, 2.75) is 63.2 Å². The Balaban J connectivity index is 1.54. The summed E-state index contributed by atoms with van der Waals surface area (Å²) in [5, 5.41) is 32.2. The normalized spacial score (nSPS) is 14.6. The van der Waals surface area contributed by atoms with Gasteiger partial charge in [0.05, 0.1) is 31.4 Å². The van der Waals surface area contributed by atoms with Gasteiger partial charge in [0.1, 0.15) is 23.1 Å². The smallest absolute Gasteiger partial charge is 0.305 e. The highest BCUT2D eigenvalue weighted by Crippen LogP contribution is 2.43. The molecule has 1 aromatic heterocycles. The number of aromatic nitrogens is 2. The van der Waals surface area contributed by atoms with E-state index in [9.17, 15) is 24.2 Å². The lowest BCUT2D eigenvalue weighted by molar-refractivity contribution is -0.139. The number of halogens is 1. The number of aliphatic carboxylic acids is 1. The molecule has 9 nitrogen and oxygen atoms in total. The van der Waals surface area contributed by atoms with Crippen molar-refractivity contribution >= 4 is 11.9 Å². The van der Waals surface area contributed by atoms with Crippen LogP contribution in [0.15, 0.2) is 48.5 Å². The lowest BCUT2D eigenvalue weighted by atomic mass is 10.1. The minimum Gasteiger partial charge on any atom is -0.497 e. The number of amides is 1. The zero-order valence-corrected chi connectivity index (χ0v) is 21.8. The monoisotopic (exact) mass is 539 g/mol. The number of nitrogens with one attached hydrogen (secondary N) is 1. The molecule has 2 aromatic carbocycles. The van der Waals surface area contributed by atoms with E-state index in [0.29, 0.717) is 36.6 Å². The molecule has 1 saturated carbocycles. The summed E-state index contributed by atoms with van der Waals surface area (Å²) >= 11 is 0. The Labute approximate surface area is 226 Å². The molecule has 0 saturated heterocycles. The van der Waals surface area contributed by atoms with Gasteiger partial charge in [0.15, 0.2) is 0 Å². The molecule has 1 heterocycles. The first-order chi connectivity index (χ1) is 18.7. The Bertz CT molecular complexity index is 1270. The molecule has 4 N–H and O–H groups in total. The third kappa shape index (κ3) is 7.64. The van der Waals surface area contributed by atoms with Crippen molar-refractivity contribution in [1.82, 2.24) is 14.9 Å². The quantitative estimate of drug-likeness (QED) is 0.246. The Morgan fingerprint density at radius 1 is 1.10 bits per heavy atom. The summed E-state index contributed by atoms with van der Waals surface area (Å²) in [6.45, 7) is 0.708. The number of carboxylic acids is 1. The van der Waals surface area contributed by atoms with E-state index in [1.807, 2.05) is 28.8 Å². The SMILES string of the molecule is COc1ccc(CCNC(=O)c2nc(-c3ccc(F)cc3)n(CC[C@@H](O)C[C@@H](O)CC(=O)O)c2C2CC2)cc1. The Morgan fingerprint density at radius 3 is 2.41 bits per heavy atom. The van der Waals surface area contributed by atoms with Gasteiger partial charge in [-0.1, -0.05) is 12.1 Å². The van der Waals surface area contributed by atoms with Gasteiger partial charge in [-0.15, -0.1) is 0 Å². The summed E-state index contributed by atoms with van der Waals surface area (Å²) in [6.07, 6.45) is 0.0240. The van der Waals surface area contributed by atoms with E-state index >= 15 is 0 Å². The van der Waals surface area contributed by atoms with Crippen molar-refractivity contribution in [3.05, 3.63) is 71.3 Å². The van der Waals surface area contributed by atoms with Crippen molar-refractivity contribution < 1.29 is 34.0 Å². The highest BCUT2D eigenvalue weighted by molar-refractivity contribution is 5.94. The number of rotatable bonds is 14. The number of aliphatic hydroxyl groups excluding tert-OH is 2. The van der Waals surface area contributed by atoms with Gasteiger partial charge in [0.2, 0.25) is 0 Å². The summed E-state index contributed by atoms with van der Waals surface area (Å²) in [7, 11) is 1.61. The highest BCUT2D eigenvalue weighted by atomic mass is 19.1. The van der Waals surface area contributed by atoms with Crippen molar-refractivity contribution in [3.63, 3.8) is 0 Å². The molecule has 39 heavy (non-hydrogen) atoms. The Kier molecular flexibility index (Phi) is 9.32. The summed E-state index contributed by atoms with van der Waals surface area (Å²) in [5.74, 6) is -0.429. The van der Waals surface area contributed by atoms with E-state index in [1.165, 1.54) is 12.1 Å². The summed E-state index contributed by atoms with van der Waals surface area (Å²) in [6, 6.07) is 13.5. The molecule has 208 valence electrons. The molecular weight excluding hydrogens is 505 g/mol. The number of hydrogen-bond acceptors (Lipinski definition) is 6. The first-order valence-electron chi connectivity index (χ1n) is 13.1. The number of ether oxygens (including phenoxy) is 1. The maximum atomic E-state index is 13.6. The van der Waals surface area contributed by atoms with E-state index in [-0.39, 0.29) is 24.7 Å². The van der Waals surface area contributed by atoms with Crippen LogP contribution in [0.5, 0.6) is 5.75 Å². The second-order valence-electron chi connectivity index (χ2n) is 9.89. The number of aliphatic hydroxyl groups is 2. The van der Waals surface area contributed by atoms with E-state index in [4.69, 9.17) is 14.8 Å². The maximum absolute atomic E-state index is 13.6. The van der Waals surface area contributed by atoms with Crippen LogP contribution in [0.3, 0.4) is 0 Å². The van der Waals surface area contributed by atoms with Crippen LogP contribution >= 0.6 is 0 Å². The van der Waals surface area contributed by atoms with Crippen LogP contribution in [0, 0.1) is 5.82 Å². The average Bonchev–Trinajstić information content (AvgIpc) is 3.67. The van der Waals surface area contributed by atoms with Crippen molar-refractivity contribution in [3.8, 4) is 17.1 Å². The van der Waals surface area contributed by atoms with E-state index in [0.717, 1.165) is 29.8 Å². The fourth-order valence-corrected chi connectivity index (χ4v) is 4.64. The van der Waals surface area contributed by atoms with Crippen LogP contribution < -0.4 is 10.1 Å². The van der Waals surface area contributed by atoms with Gasteiger partial charge in [-0.05, 0) is 74.1 Å². The van der Waals surface area contributed by atoms with Crippen molar-refractivity contribution in [2.75, 3.05) is 13.7 Å². The molecule has 1 amide bonds. The van der Waals surface area contributed by atoms with Gasteiger partial charge in [0, 0.05) is 24.6 Å². The molecule has 0 bridgehead atoms. The van der Waals surface area contributed by atoms with Gasteiger partial charge < -0.3 is 29.9 Å². The molecule has 4 rings (SSSR count). The molecule has 1 aliphatic carbocycles. The topological polar surface area (TPSA) is 134 Å². The zero-order valence-electron chi connectivity index (χ0n) is 21.8. The minimum atomic E-state index is -1.16. The largest absolute Gasteiger partial charge is 0.497 e. The fourth-order valence-electron chi connectivity index (χ4n) is 4.64. The molecule has 1 fully saturated rings. The summed E-state index contributed by atoms with van der Waals surface area (Å²) < 4.78 is 20.7. The molecule has 1 aliphatic rings. The van der Waals surface area contributed by atoms with Crippen LogP contribution in [-0.4, -0.2) is 62.6 Å². The molecule has 0 aliphatic heterocycles. The van der Waals surface area contributed by atoms with Gasteiger partial charge >= 0.3 is 5.97 Å². The number of methoxy groups -OCH3 is 1. The fraction of sp³-hybridized carbons (Fsp3) is 0.414. The van der Waals surface area contributed by atoms with E-state index < -0.39 is 30.4 Å². The Hall–Kier alpha value is -3.76. The molecule has 3 aromatic rings. The molecule has 0 unspecified atom stereocenters. The molecule has 2 atom stereocenters. The number of carbonyl (C=O) groups excluding carboxylic acids is 1. The first-order valence-corrected chi connectivity index (χ1v) is 13.1. The second kappa shape index (κ2) is 12.9. The van der Waals surface area contributed by atoms with Crippen molar-refractivity contribution in [2.24, 2.45) is 0 Å². The van der Waals surface area contributed by atoms with Crippen molar-refractivity contribution in [1.29, 1.82) is 0 Å². The van der Waals surface area contributed by atoms with Gasteiger partial charge in [-0.3, -0.25) is 9.59 Å². The first kappa shape index (κ1) is 28.3. The Morgan fingerprint density at radius 2 is 1.79 bits per heavy atom. The lowest BCUT2D eigenvalue weighted by Crippen LogP contribution is -2.27. The van der Waals surface area contributed by atoms with Crippen LogP contribution in [0.2, 0.25) is 0 Å². The van der Waals surface area contributed by atoms with Crippen LogP contribution in [0.1, 0.15) is 59.8 Å². The van der Waals surface area contributed by atoms with E-state index in [2.05, 4.69) is 5.32 Å². The number of nitrogens with zero attached hydrogens (tertiary/aromatic N) is 2. The lowest BCUT2D eigenvalue weighted by Gasteiger charge is -2.17. The number of carboxylic acid groups (broad SMARTS) is 1. The van der Waals surface area contributed by atoms with Gasteiger partial charge in [0.25, 0.3) is 5.91 Å². The summed E-state index contributed by atoms with van der Waals surface area (Å²) in [5.41, 5.74) is 2.77. The third-order valence-corrected chi connectivity index (χ3v) is 6.79. The van der Waals surface area contributed by atoms with Crippen LogP contribution in [-0.2, 0) is 17.8 Å². The molecule has 0 radical (unpaired) electrons. The number of benzene rings is 2. The molecule has 0 spiro atoms. The third-order valence-electron chi connectivity index (χ3n) is 6.79. The number of imidazole rings is 1. The standard InChI is InChI=1S/C29H34FN3O6/c1-39-24-10-2-18(3-11-24)12-14-31-29(38)26-27(19-4-5-19)33(15-13-22(34)16-23(35)17-25(36)37)28(32-26)20-6-8-21(30)9-7-20/h2-3,6-11,19,22-23,34-35H,4-5,12-17H2,1H3,(H,31,38)(H,36,37)/t22-,23-/m1/s1. The average molecular weight is 540 g/mol. The zero-order chi connectivity index (χ0) is 27.9. The van der Waals surface area contributed by atoms with Crippen LogP contribution in [0.4, 0.5) is 4.39 Å². The second-order valence-corrected chi connectivity index (χ2v) is 9.89. The number of carbonyl (C=O) groups is 2.